The molecular formula is C37H40N2O7S2Si-. The highest BCUT2D eigenvalue weighted by Gasteiger charge is 2.33. The first-order chi connectivity index (χ1) is 23.1. The molecule has 0 bridgehead atoms. The van der Waals surface area contributed by atoms with Gasteiger partial charge in [0.2, 0.25) is 0 Å². The number of nitrogens with zero attached hydrogens (tertiary/aromatic N) is 2. The van der Waals surface area contributed by atoms with Crippen molar-refractivity contribution >= 4 is 67.2 Å². The Morgan fingerprint density at radius 3 is 1.41 bits per heavy atom. The molecule has 4 aromatic carbocycles. The van der Waals surface area contributed by atoms with E-state index in [1.807, 2.05) is 36.4 Å². The third kappa shape index (κ3) is 5.83. The second kappa shape index (κ2) is 11.9. The molecule has 0 saturated carbocycles. The second-order valence-electron chi connectivity index (χ2n) is 14.0. The first kappa shape index (κ1) is 33.7. The van der Waals surface area contributed by atoms with Crippen LogP contribution in [0.5, 0.6) is 0 Å². The van der Waals surface area contributed by atoms with Gasteiger partial charge in [-0.2, -0.15) is 40.3 Å². The minimum Gasteiger partial charge on any atom is -0.341 e. The van der Waals surface area contributed by atoms with E-state index in [0.29, 0.717) is 25.9 Å². The highest BCUT2D eigenvalue weighted by molar-refractivity contribution is 7.87. The van der Waals surface area contributed by atoms with E-state index >= 15 is 0 Å². The van der Waals surface area contributed by atoms with Crippen molar-refractivity contribution in [2.24, 2.45) is 0 Å². The van der Waals surface area contributed by atoms with Crippen molar-refractivity contribution in [3.05, 3.63) is 95.1 Å². The molecule has 0 atom stereocenters. The Morgan fingerprint density at radius 2 is 1.02 bits per heavy atom. The predicted molar refractivity (Wildman–Crippen MR) is 194 cm³/mol. The predicted octanol–water partition coefficient (Wildman–Crippen LogP) is 5.67. The number of hydrogen-bond acceptors (Lipinski definition) is 9. The zero-order valence-corrected chi connectivity index (χ0v) is 31.1. The molecule has 3 aliphatic heterocycles. The van der Waals surface area contributed by atoms with Gasteiger partial charge in [-0.05, 0) is 111 Å². The maximum absolute atomic E-state index is 13.9. The Morgan fingerprint density at radius 1 is 0.612 bits per heavy atom. The molecule has 9 nitrogen and oxygen atoms in total. The van der Waals surface area contributed by atoms with Crippen LogP contribution in [0.4, 0.5) is 22.7 Å². The van der Waals surface area contributed by atoms with Crippen molar-refractivity contribution < 1.29 is 30.0 Å². The lowest BCUT2D eigenvalue weighted by atomic mass is 10.0. The highest BCUT2D eigenvalue weighted by Crippen LogP contribution is 2.39. The molecule has 257 valence electrons. The van der Waals surface area contributed by atoms with Gasteiger partial charge in [-0.25, -0.2) is 0 Å². The Bertz CT molecular complexity index is 2090. The lowest BCUT2D eigenvalue weighted by Gasteiger charge is -2.44. The SMILES string of the molecule is CC(C)OS(=O)(=O)c1ccc2c(c1)CCN2c1ccc2c(c1)[Si-](C)(C)c1cc(N3CCc4cc(S(=O)(=O)OC(C)C)ccc43)ccc1C2=O. The largest absolute Gasteiger partial charge is 0.341 e. The van der Waals surface area contributed by atoms with Gasteiger partial charge in [-0.1, -0.05) is 32.3 Å². The summed E-state index contributed by atoms with van der Waals surface area (Å²) in [5.41, 5.74) is 7.20. The first-order valence-corrected chi connectivity index (χ1v) is 22.4. The molecule has 0 fully saturated rings. The van der Waals surface area contributed by atoms with E-state index in [9.17, 15) is 21.6 Å². The fourth-order valence-electron chi connectivity index (χ4n) is 7.34. The monoisotopic (exact) mass is 716 g/mol. The standard InChI is InChI=1S/C37H40N2O7S2Si/c1-23(2)45-47(41,42)29-9-13-33-25(19-29)15-17-38(33)27-7-11-31-35(21-27)49(5,6)36-22-28(8-12-32(36)37(31)40)39-18-16-26-20-30(10-14-34(26)39)48(43,44)46-24(3)4/h7-14,19-24H,15-18H2,1-6H3/q-1. The molecule has 4 aromatic rings. The van der Waals surface area contributed by atoms with Crippen LogP contribution in [0.15, 0.2) is 82.6 Å². The molecule has 0 saturated heterocycles. The smallest absolute Gasteiger partial charge is 0.297 e. The molecule has 0 aromatic heterocycles. The molecule has 0 radical (unpaired) electrons. The van der Waals surface area contributed by atoms with Crippen LogP contribution in [0.25, 0.3) is 0 Å². The van der Waals surface area contributed by atoms with Crippen LogP contribution in [0.2, 0.25) is 13.1 Å². The van der Waals surface area contributed by atoms with Crippen LogP contribution in [0.3, 0.4) is 0 Å². The average molecular weight is 717 g/mol. The van der Waals surface area contributed by atoms with Crippen LogP contribution in [0, 0.1) is 0 Å². The van der Waals surface area contributed by atoms with Gasteiger partial charge in [0, 0.05) is 35.8 Å². The number of rotatable bonds is 8. The van der Waals surface area contributed by atoms with Gasteiger partial charge in [-0.3, -0.25) is 13.2 Å². The number of anilines is 4. The third-order valence-corrected chi connectivity index (χ3v) is 16.0. The Hall–Kier alpha value is -3.81. The van der Waals surface area contributed by atoms with Crippen molar-refractivity contribution in [2.75, 3.05) is 22.9 Å². The maximum atomic E-state index is 13.9. The number of carbonyl (C=O) groups is 1. The molecule has 3 aliphatic rings. The normalized spacial score (nSPS) is 16.6. The first-order valence-electron chi connectivity index (χ1n) is 16.6. The summed E-state index contributed by atoms with van der Waals surface area (Å²) in [5.74, 6) is 0.0126. The highest BCUT2D eigenvalue weighted by atomic mass is 32.2. The molecule has 0 spiro atoms. The number of benzene rings is 4. The molecular weight excluding hydrogens is 677 g/mol. The molecule has 3 heterocycles. The van der Waals surface area contributed by atoms with Gasteiger partial charge in [0.25, 0.3) is 20.2 Å². The van der Waals surface area contributed by atoms with Crippen LogP contribution in [-0.2, 0) is 41.4 Å². The summed E-state index contributed by atoms with van der Waals surface area (Å²) in [5, 5.41) is 2.14. The number of hydrogen-bond donors (Lipinski definition) is 0. The van der Waals surface area contributed by atoms with E-state index < -0.39 is 40.5 Å². The summed E-state index contributed by atoms with van der Waals surface area (Å²) in [6.07, 6.45) is 0.493. The number of carbonyl (C=O) groups excluding carboxylic acids is 1. The van der Waals surface area contributed by atoms with E-state index in [2.05, 4.69) is 35.0 Å². The van der Waals surface area contributed by atoms with E-state index in [0.717, 1.165) is 55.4 Å². The van der Waals surface area contributed by atoms with Crippen molar-refractivity contribution in [2.45, 2.75) is 75.6 Å². The fraction of sp³-hybridized carbons (Fsp3) is 0.324. The summed E-state index contributed by atoms with van der Waals surface area (Å²) < 4.78 is 61.3. The third-order valence-electron chi connectivity index (χ3n) is 9.57. The summed E-state index contributed by atoms with van der Waals surface area (Å²) in [6.45, 7) is 12.7. The molecule has 49 heavy (non-hydrogen) atoms. The Kier molecular flexibility index (Phi) is 8.18. The lowest BCUT2D eigenvalue weighted by molar-refractivity contribution is 0.104. The lowest BCUT2D eigenvalue weighted by Crippen LogP contribution is -2.60. The van der Waals surface area contributed by atoms with Crippen molar-refractivity contribution in [3.63, 3.8) is 0 Å². The van der Waals surface area contributed by atoms with Crippen LogP contribution >= 0.6 is 0 Å². The summed E-state index contributed by atoms with van der Waals surface area (Å²) in [4.78, 5) is 18.6. The van der Waals surface area contributed by atoms with Gasteiger partial charge in [0.05, 0.1) is 22.0 Å². The molecule has 0 unspecified atom stereocenters. The quantitative estimate of drug-likeness (QED) is 0.168. The minimum absolute atomic E-state index is 0.0126. The van der Waals surface area contributed by atoms with E-state index in [1.54, 1.807) is 52.0 Å². The number of ketones is 1. The molecule has 0 aliphatic carbocycles. The van der Waals surface area contributed by atoms with Crippen molar-refractivity contribution in [1.29, 1.82) is 0 Å². The summed E-state index contributed by atoms with van der Waals surface area (Å²) in [6, 6.07) is 22.5. The van der Waals surface area contributed by atoms with Gasteiger partial charge < -0.3 is 9.80 Å². The van der Waals surface area contributed by atoms with Crippen LogP contribution in [-0.4, -0.2) is 56.0 Å². The van der Waals surface area contributed by atoms with E-state index in [1.165, 1.54) is 0 Å². The Labute approximate surface area is 289 Å². The van der Waals surface area contributed by atoms with Crippen molar-refractivity contribution in [1.82, 2.24) is 0 Å². The van der Waals surface area contributed by atoms with Crippen molar-refractivity contribution in [3.8, 4) is 0 Å². The molecule has 0 N–H and O–H groups in total. The number of fused-ring (bicyclic) bond motifs is 4. The molecule has 12 heteroatoms. The summed E-state index contributed by atoms with van der Waals surface area (Å²) >= 11 is 0. The minimum atomic E-state index is -3.85. The van der Waals surface area contributed by atoms with Gasteiger partial charge in [0.1, 0.15) is 0 Å². The van der Waals surface area contributed by atoms with E-state index in [-0.39, 0.29) is 15.6 Å². The van der Waals surface area contributed by atoms with Gasteiger partial charge in [0.15, 0.2) is 5.78 Å². The zero-order valence-electron chi connectivity index (χ0n) is 28.5. The fourth-order valence-corrected chi connectivity index (χ4v) is 12.7. The zero-order chi connectivity index (χ0) is 35.0. The Balaban J connectivity index is 1.20. The molecule has 7 rings (SSSR count). The van der Waals surface area contributed by atoms with Gasteiger partial charge in [-0.15, -0.1) is 0 Å². The maximum Gasteiger partial charge on any atom is 0.297 e. The van der Waals surface area contributed by atoms with Crippen LogP contribution in [0.1, 0.15) is 54.7 Å². The summed E-state index contributed by atoms with van der Waals surface area (Å²) in [7, 11) is -10.1. The second-order valence-corrected chi connectivity index (χ2v) is 21.5. The average Bonchev–Trinajstić information content (AvgIpc) is 3.66. The topological polar surface area (TPSA) is 110 Å². The van der Waals surface area contributed by atoms with E-state index in [4.69, 9.17) is 8.37 Å². The molecule has 0 amide bonds. The van der Waals surface area contributed by atoms with Crippen LogP contribution < -0.4 is 20.2 Å². The van der Waals surface area contributed by atoms with Gasteiger partial charge >= 0.3 is 0 Å².